The van der Waals surface area contributed by atoms with E-state index in [1.54, 1.807) is 0 Å². The van der Waals surface area contributed by atoms with Crippen molar-refractivity contribution < 1.29 is 0 Å². The Morgan fingerprint density at radius 3 is 2.88 bits per heavy atom. The number of hydrogen-bond acceptors (Lipinski definition) is 3. The Hall–Kier alpha value is -0.830. The van der Waals surface area contributed by atoms with Gasteiger partial charge in [0, 0.05) is 35.0 Å². The van der Waals surface area contributed by atoms with Crippen molar-refractivity contribution >= 4 is 23.1 Å². The molecule has 3 heteroatoms. The lowest BCUT2D eigenvalue weighted by Gasteiger charge is -2.40. The zero-order valence-electron chi connectivity index (χ0n) is 10.2. The molecule has 1 aromatic rings. The number of nitrogens with two attached hydrogens (primary N) is 1. The van der Waals surface area contributed by atoms with E-state index in [9.17, 15) is 0 Å². The maximum absolute atomic E-state index is 5.88. The van der Waals surface area contributed by atoms with Gasteiger partial charge in [0.2, 0.25) is 0 Å². The Labute approximate surface area is 102 Å². The quantitative estimate of drug-likeness (QED) is 0.760. The highest BCUT2D eigenvalue weighted by molar-refractivity contribution is 8.00. The maximum atomic E-state index is 5.88. The third-order valence-corrected chi connectivity index (χ3v) is 4.76. The number of rotatable bonds is 1. The highest BCUT2D eigenvalue weighted by Gasteiger charge is 2.26. The predicted octanol–water partition coefficient (Wildman–Crippen LogP) is 2.91. The number of nitrogen functional groups attached to an aromatic ring is 1. The number of aryl methyl sites for hydroxylation is 1. The van der Waals surface area contributed by atoms with Gasteiger partial charge in [-0.2, -0.15) is 11.8 Å². The molecule has 1 fully saturated rings. The molecule has 2 rings (SSSR count). The van der Waals surface area contributed by atoms with Crippen LogP contribution in [0.1, 0.15) is 19.4 Å². The van der Waals surface area contributed by atoms with E-state index in [4.69, 9.17) is 5.73 Å². The number of hydrogen-bond donors (Lipinski definition) is 1. The summed E-state index contributed by atoms with van der Waals surface area (Å²) in [5, 5.41) is 0.689. The lowest BCUT2D eigenvalue weighted by molar-refractivity contribution is 0.626. The Kier molecular flexibility index (Phi) is 3.33. The normalized spacial score (nSPS) is 25.8. The summed E-state index contributed by atoms with van der Waals surface area (Å²) in [4.78, 5) is 2.49. The summed E-state index contributed by atoms with van der Waals surface area (Å²) in [5.74, 6) is 1.21. The van der Waals surface area contributed by atoms with Crippen molar-refractivity contribution in [3.63, 3.8) is 0 Å². The zero-order chi connectivity index (χ0) is 11.7. The lowest BCUT2D eigenvalue weighted by atomic mass is 10.1. The molecular weight excluding hydrogens is 216 g/mol. The molecule has 16 heavy (non-hydrogen) atoms. The van der Waals surface area contributed by atoms with Crippen molar-refractivity contribution in [3.05, 3.63) is 23.8 Å². The fraction of sp³-hybridized carbons (Fsp3) is 0.538. The molecule has 1 heterocycles. The lowest BCUT2D eigenvalue weighted by Crippen LogP contribution is -2.45. The van der Waals surface area contributed by atoms with Crippen LogP contribution in [0.25, 0.3) is 0 Å². The van der Waals surface area contributed by atoms with Gasteiger partial charge in [-0.05, 0) is 31.5 Å². The third-order valence-electron chi connectivity index (χ3n) is 3.43. The van der Waals surface area contributed by atoms with Gasteiger partial charge in [-0.15, -0.1) is 0 Å². The molecule has 0 spiro atoms. The first-order valence-electron chi connectivity index (χ1n) is 5.84. The van der Waals surface area contributed by atoms with Gasteiger partial charge < -0.3 is 10.6 Å². The molecule has 1 saturated heterocycles. The van der Waals surface area contributed by atoms with E-state index in [0.717, 1.165) is 12.2 Å². The maximum Gasteiger partial charge on any atom is 0.0419 e. The predicted molar refractivity (Wildman–Crippen MR) is 74.3 cm³/mol. The molecule has 0 aromatic heterocycles. The summed E-state index contributed by atoms with van der Waals surface area (Å²) in [6, 6.07) is 6.78. The van der Waals surface area contributed by atoms with Crippen molar-refractivity contribution in [2.45, 2.75) is 32.1 Å². The van der Waals surface area contributed by atoms with Crippen LogP contribution < -0.4 is 10.6 Å². The topological polar surface area (TPSA) is 29.3 Å². The number of anilines is 2. The Morgan fingerprint density at radius 1 is 1.38 bits per heavy atom. The first-order chi connectivity index (χ1) is 7.59. The fourth-order valence-corrected chi connectivity index (χ4v) is 3.31. The van der Waals surface area contributed by atoms with Crippen LogP contribution in [0, 0.1) is 6.92 Å². The van der Waals surface area contributed by atoms with Crippen LogP contribution in [0.15, 0.2) is 18.2 Å². The van der Waals surface area contributed by atoms with Crippen molar-refractivity contribution in [1.29, 1.82) is 0 Å². The third kappa shape index (κ3) is 2.14. The summed E-state index contributed by atoms with van der Waals surface area (Å²) >= 11 is 2.06. The van der Waals surface area contributed by atoms with E-state index in [0.29, 0.717) is 11.3 Å². The number of benzene rings is 1. The van der Waals surface area contributed by atoms with Gasteiger partial charge >= 0.3 is 0 Å². The van der Waals surface area contributed by atoms with Gasteiger partial charge in [-0.25, -0.2) is 0 Å². The van der Waals surface area contributed by atoms with Gasteiger partial charge in [-0.3, -0.25) is 0 Å². The van der Waals surface area contributed by atoms with Crippen LogP contribution in [0.5, 0.6) is 0 Å². The number of nitrogens with zero attached hydrogens (tertiary/aromatic N) is 1. The van der Waals surface area contributed by atoms with Crippen molar-refractivity contribution in [3.8, 4) is 0 Å². The Morgan fingerprint density at radius 2 is 2.12 bits per heavy atom. The zero-order valence-corrected chi connectivity index (χ0v) is 11.1. The van der Waals surface area contributed by atoms with Crippen LogP contribution >= 0.6 is 11.8 Å². The van der Waals surface area contributed by atoms with E-state index in [2.05, 4.69) is 49.6 Å². The molecule has 0 radical (unpaired) electrons. The highest BCUT2D eigenvalue weighted by Crippen LogP contribution is 2.31. The molecule has 2 nitrogen and oxygen atoms in total. The second-order valence-corrected chi connectivity index (χ2v) is 6.04. The average molecular weight is 236 g/mol. The minimum Gasteiger partial charge on any atom is -0.399 e. The summed E-state index contributed by atoms with van der Waals surface area (Å²) in [6.07, 6.45) is 0. The average Bonchev–Trinajstić information content (AvgIpc) is 2.26. The van der Waals surface area contributed by atoms with Gasteiger partial charge in [0.25, 0.3) is 0 Å². The molecule has 88 valence electrons. The summed E-state index contributed by atoms with van der Waals surface area (Å²) in [5.41, 5.74) is 9.37. The summed E-state index contributed by atoms with van der Waals surface area (Å²) < 4.78 is 0. The molecular formula is C13H20N2S. The van der Waals surface area contributed by atoms with E-state index in [-0.39, 0.29) is 0 Å². The van der Waals surface area contributed by atoms with E-state index >= 15 is 0 Å². The van der Waals surface area contributed by atoms with Crippen molar-refractivity contribution in [2.75, 3.05) is 22.9 Å². The SMILES string of the molecule is Cc1ccc(N)cc1N1CCSC(C)C1C. The minimum absolute atomic E-state index is 0.583. The van der Waals surface area contributed by atoms with Gasteiger partial charge in [0.05, 0.1) is 0 Å². The minimum atomic E-state index is 0.583. The molecule has 2 atom stereocenters. The molecule has 0 saturated carbocycles. The number of thioether (sulfide) groups is 1. The smallest absolute Gasteiger partial charge is 0.0419 e. The standard InChI is InChI=1S/C13H20N2S/c1-9-4-5-12(14)8-13(9)15-6-7-16-11(3)10(15)2/h4-5,8,10-11H,6-7,14H2,1-3H3. The molecule has 0 aliphatic carbocycles. The second kappa shape index (κ2) is 4.58. The van der Waals surface area contributed by atoms with Crippen LogP contribution in [0.2, 0.25) is 0 Å². The highest BCUT2D eigenvalue weighted by atomic mass is 32.2. The molecule has 2 N–H and O–H groups in total. The van der Waals surface area contributed by atoms with E-state index in [1.807, 2.05) is 6.07 Å². The molecule has 1 aliphatic rings. The second-order valence-electron chi connectivity index (χ2n) is 4.56. The molecule has 0 bridgehead atoms. The molecule has 1 aromatic carbocycles. The molecule has 0 amide bonds. The van der Waals surface area contributed by atoms with Crippen molar-refractivity contribution in [1.82, 2.24) is 0 Å². The first-order valence-corrected chi connectivity index (χ1v) is 6.89. The summed E-state index contributed by atoms with van der Waals surface area (Å²) in [6.45, 7) is 7.90. The van der Waals surface area contributed by atoms with Crippen LogP contribution in [0.4, 0.5) is 11.4 Å². The van der Waals surface area contributed by atoms with E-state index in [1.165, 1.54) is 17.0 Å². The summed E-state index contributed by atoms with van der Waals surface area (Å²) in [7, 11) is 0. The Balaban J connectivity index is 2.31. The molecule has 2 unspecified atom stereocenters. The van der Waals surface area contributed by atoms with Gasteiger partial charge in [0.15, 0.2) is 0 Å². The van der Waals surface area contributed by atoms with Crippen LogP contribution in [-0.4, -0.2) is 23.6 Å². The fourth-order valence-electron chi connectivity index (χ4n) is 2.21. The van der Waals surface area contributed by atoms with Gasteiger partial charge in [-0.1, -0.05) is 13.0 Å². The van der Waals surface area contributed by atoms with E-state index < -0.39 is 0 Å². The molecule has 1 aliphatic heterocycles. The largest absolute Gasteiger partial charge is 0.399 e. The first kappa shape index (κ1) is 11.6. The van der Waals surface area contributed by atoms with Crippen LogP contribution in [-0.2, 0) is 0 Å². The van der Waals surface area contributed by atoms with Crippen LogP contribution in [0.3, 0.4) is 0 Å². The Bertz CT molecular complexity index is 378. The van der Waals surface area contributed by atoms with Gasteiger partial charge in [0.1, 0.15) is 0 Å². The monoisotopic (exact) mass is 236 g/mol. The van der Waals surface area contributed by atoms with Crippen molar-refractivity contribution in [2.24, 2.45) is 0 Å².